The average Bonchev–Trinajstić information content (AvgIpc) is 2.96. The molecule has 4 aromatic rings. The van der Waals surface area contributed by atoms with Gasteiger partial charge in [-0.25, -0.2) is 5.43 Å². The van der Waals surface area contributed by atoms with Crippen LogP contribution in [0, 0.1) is 6.92 Å². The molecule has 0 aliphatic carbocycles. The van der Waals surface area contributed by atoms with Crippen LogP contribution in [0.2, 0.25) is 0 Å². The third-order valence-corrected chi connectivity index (χ3v) is 3.84. The fourth-order valence-electron chi connectivity index (χ4n) is 2.59. The SMILES string of the molecule is Cc1cccc2c1[nH]c1nc(NN=Cc3ccc(O)cc3O)nnc12. The molecule has 2 heterocycles. The first-order chi connectivity index (χ1) is 12.1. The van der Waals surface area contributed by atoms with Crippen LogP contribution in [0.3, 0.4) is 0 Å². The predicted molar refractivity (Wildman–Crippen MR) is 94.9 cm³/mol. The van der Waals surface area contributed by atoms with E-state index in [1.54, 1.807) is 6.07 Å². The molecule has 8 nitrogen and oxygen atoms in total. The van der Waals surface area contributed by atoms with Gasteiger partial charge in [0.05, 0.1) is 11.7 Å². The molecule has 0 aliphatic rings. The molecule has 4 N–H and O–H groups in total. The lowest BCUT2D eigenvalue weighted by Crippen LogP contribution is -1.99. The van der Waals surface area contributed by atoms with Gasteiger partial charge in [-0.3, -0.25) is 0 Å². The number of benzene rings is 2. The van der Waals surface area contributed by atoms with E-state index in [1.165, 1.54) is 18.3 Å². The molecule has 0 fully saturated rings. The predicted octanol–water partition coefficient (Wildman–Crippen LogP) is 2.67. The number of aromatic amines is 1. The van der Waals surface area contributed by atoms with Crippen LogP contribution in [0.4, 0.5) is 5.95 Å². The molecule has 0 aliphatic heterocycles. The molecule has 2 aromatic carbocycles. The second-order valence-corrected chi connectivity index (χ2v) is 5.57. The van der Waals surface area contributed by atoms with Gasteiger partial charge in [0.1, 0.15) is 17.0 Å². The van der Waals surface area contributed by atoms with E-state index in [2.05, 4.69) is 30.7 Å². The number of hydrogen-bond acceptors (Lipinski definition) is 7. The quantitative estimate of drug-likeness (QED) is 0.338. The zero-order valence-electron chi connectivity index (χ0n) is 13.2. The highest BCUT2D eigenvalue weighted by atomic mass is 16.3. The fourth-order valence-corrected chi connectivity index (χ4v) is 2.59. The van der Waals surface area contributed by atoms with Gasteiger partial charge < -0.3 is 15.2 Å². The maximum absolute atomic E-state index is 9.71. The lowest BCUT2D eigenvalue weighted by Gasteiger charge is -2.00. The minimum absolute atomic E-state index is 0.0188. The van der Waals surface area contributed by atoms with Crippen molar-refractivity contribution in [2.24, 2.45) is 5.10 Å². The van der Waals surface area contributed by atoms with Crippen molar-refractivity contribution in [1.29, 1.82) is 0 Å². The molecule has 0 saturated heterocycles. The van der Waals surface area contributed by atoms with Crippen molar-refractivity contribution in [3.8, 4) is 11.5 Å². The van der Waals surface area contributed by atoms with E-state index in [0.717, 1.165) is 16.5 Å². The van der Waals surface area contributed by atoms with Gasteiger partial charge in [0.25, 0.3) is 5.95 Å². The summed E-state index contributed by atoms with van der Waals surface area (Å²) in [5.41, 5.74) is 6.52. The van der Waals surface area contributed by atoms with Crippen LogP contribution >= 0.6 is 0 Å². The van der Waals surface area contributed by atoms with Gasteiger partial charge in [-0.2, -0.15) is 10.1 Å². The Balaban J connectivity index is 1.62. The number of hydrogen-bond donors (Lipinski definition) is 4. The third-order valence-electron chi connectivity index (χ3n) is 3.84. The number of hydrazone groups is 1. The maximum Gasteiger partial charge on any atom is 0.265 e. The molecule has 0 amide bonds. The molecule has 8 heteroatoms. The van der Waals surface area contributed by atoms with Crippen molar-refractivity contribution in [2.75, 3.05) is 5.43 Å². The van der Waals surface area contributed by atoms with Crippen LogP contribution < -0.4 is 5.43 Å². The lowest BCUT2D eigenvalue weighted by atomic mass is 10.1. The van der Waals surface area contributed by atoms with Gasteiger partial charge in [-0.05, 0) is 24.6 Å². The first-order valence-corrected chi connectivity index (χ1v) is 7.54. The van der Waals surface area contributed by atoms with Crippen LogP contribution in [-0.2, 0) is 0 Å². The smallest absolute Gasteiger partial charge is 0.265 e. The Morgan fingerprint density at radius 1 is 1.16 bits per heavy atom. The Bertz CT molecular complexity index is 1120. The van der Waals surface area contributed by atoms with Gasteiger partial charge in [0.15, 0.2) is 5.65 Å². The van der Waals surface area contributed by atoms with E-state index in [0.29, 0.717) is 16.7 Å². The first-order valence-electron chi connectivity index (χ1n) is 7.54. The number of rotatable bonds is 3. The number of aryl methyl sites for hydroxylation is 1. The topological polar surface area (TPSA) is 119 Å². The summed E-state index contributed by atoms with van der Waals surface area (Å²) < 4.78 is 0. The minimum atomic E-state index is -0.0776. The maximum atomic E-state index is 9.71. The van der Waals surface area contributed by atoms with Crippen molar-refractivity contribution in [2.45, 2.75) is 6.92 Å². The van der Waals surface area contributed by atoms with Crippen molar-refractivity contribution in [1.82, 2.24) is 20.2 Å². The number of nitrogens with zero attached hydrogens (tertiary/aromatic N) is 4. The zero-order valence-corrected chi connectivity index (χ0v) is 13.2. The standard InChI is InChI=1S/C17H14N6O2/c1-9-3-2-4-12-14(9)19-16-15(12)21-23-17(20-16)22-18-8-10-5-6-11(24)7-13(10)25/h2-8,24-25H,1H3,(H2,19,20,22,23). The number of fused-ring (bicyclic) bond motifs is 3. The summed E-state index contributed by atoms with van der Waals surface area (Å²) in [5.74, 6) is 0.132. The highest BCUT2D eigenvalue weighted by molar-refractivity contribution is 6.04. The van der Waals surface area contributed by atoms with Crippen molar-refractivity contribution >= 4 is 34.2 Å². The van der Waals surface area contributed by atoms with E-state index < -0.39 is 0 Å². The molecular formula is C17H14N6O2. The Morgan fingerprint density at radius 3 is 2.88 bits per heavy atom. The number of phenols is 2. The molecule has 0 radical (unpaired) electrons. The van der Waals surface area contributed by atoms with Crippen LogP contribution in [0.25, 0.3) is 22.1 Å². The first kappa shape index (κ1) is 14.9. The second-order valence-electron chi connectivity index (χ2n) is 5.57. The number of aromatic hydroxyl groups is 2. The van der Waals surface area contributed by atoms with Gasteiger partial charge >= 0.3 is 0 Å². The van der Waals surface area contributed by atoms with Gasteiger partial charge in [0, 0.05) is 17.0 Å². The summed E-state index contributed by atoms with van der Waals surface area (Å²) in [4.78, 5) is 7.60. The van der Waals surface area contributed by atoms with E-state index in [-0.39, 0.29) is 17.4 Å². The largest absolute Gasteiger partial charge is 0.508 e. The Kier molecular flexibility index (Phi) is 3.42. The molecule has 0 spiro atoms. The molecule has 4 rings (SSSR count). The molecule has 2 aromatic heterocycles. The molecule has 0 atom stereocenters. The van der Waals surface area contributed by atoms with Gasteiger partial charge in [-0.15, -0.1) is 10.2 Å². The van der Waals surface area contributed by atoms with Gasteiger partial charge in [-0.1, -0.05) is 18.2 Å². The lowest BCUT2D eigenvalue weighted by molar-refractivity contribution is 0.450. The van der Waals surface area contributed by atoms with Gasteiger partial charge in [0.2, 0.25) is 0 Å². The Morgan fingerprint density at radius 2 is 2.04 bits per heavy atom. The van der Waals surface area contributed by atoms with Crippen LogP contribution in [0.1, 0.15) is 11.1 Å². The summed E-state index contributed by atoms with van der Waals surface area (Å²) in [5, 5.41) is 32.2. The highest BCUT2D eigenvalue weighted by Crippen LogP contribution is 2.25. The summed E-state index contributed by atoms with van der Waals surface area (Å²) >= 11 is 0. The van der Waals surface area contributed by atoms with E-state index in [1.807, 2.05) is 25.1 Å². The van der Waals surface area contributed by atoms with Crippen LogP contribution in [-0.4, -0.2) is 36.6 Å². The Labute approximate surface area is 141 Å². The van der Waals surface area contributed by atoms with Crippen molar-refractivity contribution in [3.63, 3.8) is 0 Å². The van der Waals surface area contributed by atoms with Crippen LogP contribution in [0.5, 0.6) is 11.5 Å². The summed E-state index contributed by atoms with van der Waals surface area (Å²) in [6.07, 6.45) is 1.40. The number of anilines is 1. The van der Waals surface area contributed by atoms with Crippen molar-refractivity contribution in [3.05, 3.63) is 47.5 Å². The minimum Gasteiger partial charge on any atom is -0.508 e. The molecular weight excluding hydrogens is 320 g/mol. The summed E-state index contributed by atoms with van der Waals surface area (Å²) in [7, 11) is 0. The highest BCUT2D eigenvalue weighted by Gasteiger charge is 2.10. The summed E-state index contributed by atoms with van der Waals surface area (Å²) in [6, 6.07) is 10.2. The van der Waals surface area contributed by atoms with E-state index in [4.69, 9.17) is 0 Å². The van der Waals surface area contributed by atoms with Crippen LogP contribution in [0.15, 0.2) is 41.5 Å². The monoisotopic (exact) mass is 334 g/mol. The number of phenolic OH excluding ortho intramolecular Hbond substituents is 2. The number of H-pyrrole nitrogens is 1. The van der Waals surface area contributed by atoms with Crippen molar-refractivity contribution < 1.29 is 10.2 Å². The summed E-state index contributed by atoms with van der Waals surface area (Å²) in [6.45, 7) is 2.01. The zero-order chi connectivity index (χ0) is 17.4. The number of para-hydroxylation sites is 1. The molecule has 25 heavy (non-hydrogen) atoms. The molecule has 0 bridgehead atoms. The molecule has 0 saturated carbocycles. The number of aromatic nitrogens is 4. The molecule has 124 valence electrons. The number of nitrogens with one attached hydrogen (secondary N) is 2. The fraction of sp³-hybridized carbons (Fsp3) is 0.0588. The normalized spacial score (nSPS) is 11.6. The van der Waals surface area contributed by atoms with E-state index >= 15 is 0 Å². The third kappa shape index (κ3) is 2.69. The average molecular weight is 334 g/mol. The Hall–Kier alpha value is -3.68. The van der Waals surface area contributed by atoms with E-state index in [9.17, 15) is 10.2 Å². The second kappa shape index (κ2) is 5.75. The molecule has 0 unspecified atom stereocenters.